The van der Waals surface area contributed by atoms with Crippen LogP contribution < -0.4 is 15.4 Å². The van der Waals surface area contributed by atoms with Gasteiger partial charge in [0.05, 0.1) is 13.2 Å². The van der Waals surface area contributed by atoms with Crippen LogP contribution in [0.5, 0.6) is 11.5 Å². The lowest BCUT2D eigenvalue weighted by atomic mass is 9.83. The van der Waals surface area contributed by atoms with Crippen molar-refractivity contribution in [3.63, 3.8) is 0 Å². The molecule has 0 amide bonds. The molecular formula is C22H37N3O3. The van der Waals surface area contributed by atoms with E-state index in [1.54, 1.807) is 6.07 Å². The molecular weight excluding hydrogens is 354 g/mol. The molecule has 1 aliphatic carbocycles. The second-order valence-corrected chi connectivity index (χ2v) is 7.44. The van der Waals surface area contributed by atoms with Gasteiger partial charge in [-0.1, -0.05) is 18.9 Å². The minimum absolute atomic E-state index is 0.164. The second-order valence-electron chi connectivity index (χ2n) is 7.44. The molecule has 1 aliphatic rings. The highest BCUT2D eigenvalue weighted by Gasteiger charge is 2.33. The lowest BCUT2D eigenvalue weighted by Gasteiger charge is -2.30. The smallest absolute Gasteiger partial charge is 0.191 e. The van der Waals surface area contributed by atoms with E-state index in [0.29, 0.717) is 24.3 Å². The normalized spacial score (nSPS) is 16.2. The highest BCUT2D eigenvalue weighted by Crippen LogP contribution is 2.40. The molecule has 0 aliphatic heterocycles. The van der Waals surface area contributed by atoms with Crippen LogP contribution >= 0.6 is 0 Å². The summed E-state index contributed by atoms with van der Waals surface area (Å²) < 4.78 is 11.1. The Hall–Kier alpha value is -1.95. The molecule has 0 heterocycles. The minimum atomic E-state index is 0.164. The van der Waals surface area contributed by atoms with E-state index >= 15 is 0 Å². The number of hydrogen-bond acceptors (Lipinski definition) is 4. The Kier molecular flexibility index (Phi) is 9.41. The molecule has 1 saturated carbocycles. The number of hydrogen-bond donors (Lipinski definition) is 3. The summed E-state index contributed by atoms with van der Waals surface area (Å²) in [5, 5.41) is 16.7. The number of phenolic OH excluding ortho intramolecular Hbond substituents is 1. The first-order chi connectivity index (χ1) is 13.6. The third-order valence-corrected chi connectivity index (χ3v) is 5.36. The van der Waals surface area contributed by atoms with E-state index < -0.39 is 0 Å². The quantitative estimate of drug-likeness (QED) is 0.304. The molecule has 1 aromatic rings. The van der Waals surface area contributed by atoms with Gasteiger partial charge in [-0.3, -0.25) is 0 Å². The predicted octanol–water partition coefficient (Wildman–Crippen LogP) is 3.83. The fraction of sp³-hybridized carbons (Fsp3) is 0.682. The molecule has 0 radical (unpaired) electrons. The van der Waals surface area contributed by atoms with E-state index in [9.17, 15) is 5.11 Å². The predicted molar refractivity (Wildman–Crippen MR) is 114 cm³/mol. The molecule has 0 unspecified atom stereocenters. The number of nitrogens with one attached hydrogen (secondary N) is 2. The molecule has 6 nitrogen and oxygen atoms in total. The number of aliphatic imine (C=N–C) groups is 1. The second kappa shape index (κ2) is 11.8. The van der Waals surface area contributed by atoms with Crippen LogP contribution in [0.15, 0.2) is 23.2 Å². The topological polar surface area (TPSA) is 75.1 Å². The first-order valence-corrected chi connectivity index (χ1v) is 10.7. The zero-order valence-electron chi connectivity index (χ0n) is 17.7. The summed E-state index contributed by atoms with van der Waals surface area (Å²) in [6, 6.07) is 5.40. The Bertz CT molecular complexity index is 613. The lowest BCUT2D eigenvalue weighted by molar-refractivity contribution is 0.105. The summed E-state index contributed by atoms with van der Waals surface area (Å²) in [5.41, 5.74) is 1.32. The van der Waals surface area contributed by atoms with Crippen LogP contribution in [0, 0.1) is 5.41 Å². The molecule has 6 heteroatoms. The Morgan fingerprint density at radius 3 is 2.61 bits per heavy atom. The minimum Gasteiger partial charge on any atom is -0.504 e. The molecule has 3 N–H and O–H groups in total. The summed E-state index contributed by atoms with van der Waals surface area (Å²) in [5.74, 6) is 1.50. The van der Waals surface area contributed by atoms with Crippen molar-refractivity contribution in [1.29, 1.82) is 0 Å². The molecule has 0 bridgehead atoms. The van der Waals surface area contributed by atoms with Crippen LogP contribution in [0.4, 0.5) is 0 Å². The maximum Gasteiger partial charge on any atom is 0.191 e. The first kappa shape index (κ1) is 22.3. The van der Waals surface area contributed by atoms with E-state index in [0.717, 1.165) is 44.2 Å². The van der Waals surface area contributed by atoms with Gasteiger partial charge in [-0.05, 0) is 63.1 Å². The van der Waals surface area contributed by atoms with Gasteiger partial charge >= 0.3 is 0 Å². The fourth-order valence-electron chi connectivity index (χ4n) is 3.78. The Balaban J connectivity index is 1.98. The third-order valence-electron chi connectivity index (χ3n) is 5.36. The van der Waals surface area contributed by atoms with Crippen molar-refractivity contribution in [2.24, 2.45) is 10.4 Å². The fourth-order valence-corrected chi connectivity index (χ4v) is 3.78. The van der Waals surface area contributed by atoms with Crippen LogP contribution in [0.2, 0.25) is 0 Å². The van der Waals surface area contributed by atoms with Crippen LogP contribution in [0.1, 0.15) is 58.4 Å². The SMILES string of the molecule is CCNC(=NCc1ccc(O)c(OCC)c1)NCC1(CCOCC)CCCC1. The summed E-state index contributed by atoms with van der Waals surface area (Å²) in [7, 11) is 0. The maximum atomic E-state index is 9.85. The molecule has 1 aromatic carbocycles. The average molecular weight is 392 g/mol. The molecule has 0 spiro atoms. The van der Waals surface area contributed by atoms with Crippen molar-refractivity contribution >= 4 is 5.96 Å². The van der Waals surface area contributed by atoms with Crippen molar-refractivity contribution in [3.8, 4) is 11.5 Å². The number of phenols is 1. The summed E-state index contributed by atoms with van der Waals surface area (Å²) in [6.07, 6.45) is 6.21. The van der Waals surface area contributed by atoms with E-state index in [2.05, 4.69) is 24.5 Å². The molecule has 28 heavy (non-hydrogen) atoms. The number of ether oxygens (including phenoxy) is 2. The largest absolute Gasteiger partial charge is 0.504 e. The van der Waals surface area contributed by atoms with Gasteiger partial charge in [0.2, 0.25) is 0 Å². The molecule has 0 atom stereocenters. The number of rotatable bonds is 11. The van der Waals surface area contributed by atoms with Gasteiger partial charge in [0.1, 0.15) is 0 Å². The molecule has 158 valence electrons. The van der Waals surface area contributed by atoms with Crippen LogP contribution in [0.3, 0.4) is 0 Å². The van der Waals surface area contributed by atoms with E-state index in [1.807, 2.05) is 19.1 Å². The molecule has 2 rings (SSSR count). The zero-order chi connectivity index (χ0) is 20.2. The van der Waals surface area contributed by atoms with Gasteiger partial charge in [0.25, 0.3) is 0 Å². The monoisotopic (exact) mass is 391 g/mol. The first-order valence-electron chi connectivity index (χ1n) is 10.7. The van der Waals surface area contributed by atoms with Crippen LogP contribution in [-0.2, 0) is 11.3 Å². The lowest BCUT2D eigenvalue weighted by Crippen LogP contribution is -2.43. The number of benzene rings is 1. The number of aromatic hydroxyl groups is 1. The van der Waals surface area contributed by atoms with Gasteiger partial charge in [0, 0.05) is 26.3 Å². The Labute approximate surface area is 169 Å². The number of nitrogens with zero attached hydrogens (tertiary/aromatic N) is 1. The van der Waals surface area contributed by atoms with Crippen molar-refractivity contribution in [1.82, 2.24) is 10.6 Å². The van der Waals surface area contributed by atoms with Crippen molar-refractivity contribution in [2.45, 2.75) is 59.4 Å². The highest BCUT2D eigenvalue weighted by molar-refractivity contribution is 5.79. The summed E-state index contributed by atoms with van der Waals surface area (Å²) in [6.45, 7) is 10.4. The van der Waals surface area contributed by atoms with Gasteiger partial charge in [-0.2, -0.15) is 0 Å². The Morgan fingerprint density at radius 1 is 1.14 bits per heavy atom. The summed E-state index contributed by atoms with van der Waals surface area (Å²) in [4.78, 5) is 4.73. The van der Waals surface area contributed by atoms with Crippen molar-refractivity contribution in [3.05, 3.63) is 23.8 Å². The van der Waals surface area contributed by atoms with Crippen molar-refractivity contribution < 1.29 is 14.6 Å². The highest BCUT2D eigenvalue weighted by atomic mass is 16.5. The van der Waals surface area contributed by atoms with E-state index in [-0.39, 0.29) is 5.75 Å². The molecule has 1 fully saturated rings. The van der Waals surface area contributed by atoms with Gasteiger partial charge in [-0.15, -0.1) is 0 Å². The van der Waals surface area contributed by atoms with Gasteiger partial charge in [0.15, 0.2) is 17.5 Å². The Morgan fingerprint density at radius 2 is 1.93 bits per heavy atom. The van der Waals surface area contributed by atoms with Crippen LogP contribution in [-0.4, -0.2) is 44.0 Å². The van der Waals surface area contributed by atoms with Crippen molar-refractivity contribution in [2.75, 3.05) is 32.9 Å². The molecule has 0 saturated heterocycles. The summed E-state index contributed by atoms with van der Waals surface area (Å²) >= 11 is 0. The molecule has 0 aromatic heterocycles. The standard InChI is InChI=1S/C22H37N3O3/c1-4-23-21(24-16-18-9-10-19(26)20(15-18)28-6-3)25-17-22(11-7-8-12-22)13-14-27-5-2/h9-10,15,26H,4-8,11-14,16-17H2,1-3H3,(H2,23,24,25). The van der Waals surface area contributed by atoms with E-state index in [1.165, 1.54) is 25.7 Å². The maximum absolute atomic E-state index is 9.85. The number of guanidine groups is 1. The zero-order valence-corrected chi connectivity index (χ0v) is 17.7. The van der Waals surface area contributed by atoms with Gasteiger partial charge < -0.3 is 25.2 Å². The van der Waals surface area contributed by atoms with Gasteiger partial charge in [-0.25, -0.2) is 4.99 Å². The van der Waals surface area contributed by atoms with E-state index in [4.69, 9.17) is 14.5 Å². The third kappa shape index (κ3) is 6.89. The van der Waals surface area contributed by atoms with Crippen LogP contribution in [0.25, 0.3) is 0 Å². The average Bonchev–Trinajstić information content (AvgIpc) is 3.16.